The Morgan fingerprint density at radius 2 is 1.50 bits per heavy atom. The second-order valence-electron chi connectivity index (χ2n) is 14.2. The SMILES string of the molecule is C=CCNC(=O)C(=O)C(CC1CC1)NC(=O)C1CCCN1C(=O)CNC(=O)C(NC(=O)c1ccncc1)C1(C)CCCCC1.CC.CC.CC(C)C. The predicted octanol–water partition coefficient (Wildman–Crippen LogP) is 5.13. The summed E-state index contributed by atoms with van der Waals surface area (Å²) in [5.41, 5.74) is -0.0959. The maximum atomic E-state index is 13.5. The predicted molar refractivity (Wildman–Crippen MR) is 205 cm³/mol. The number of carbonyl (C=O) groups is 6. The lowest BCUT2D eigenvalue weighted by molar-refractivity contribution is -0.142. The molecule has 12 heteroatoms. The summed E-state index contributed by atoms with van der Waals surface area (Å²) < 4.78 is 0. The first kappa shape index (κ1) is 45.9. The lowest BCUT2D eigenvalue weighted by atomic mass is 9.70. The van der Waals surface area contributed by atoms with Gasteiger partial charge in [-0.1, -0.05) is 93.6 Å². The van der Waals surface area contributed by atoms with Crippen molar-refractivity contribution in [2.75, 3.05) is 19.6 Å². The number of Topliss-reactive ketones (excluding diaryl/α,β-unsaturated/α-hetero) is 1. The van der Waals surface area contributed by atoms with Crippen LogP contribution in [0.3, 0.4) is 0 Å². The van der Waals surface area contributed by atoms with Crippen LogP contribution in [0.2, 0.25) is 0 Å². The number of likely N-dealkylation sites (tertiary alicyclic amines) is 1. The standard InChI is InChI=1S/C32H44N6O6.C4H10.2C2H6/c1-3-15-34-30(43)26(40)23(19-21-9-10-21)36-29(42)24-8-7-18-38(24)25(39)20-35-31(44)27(32(2)13-5-4-6-14-32)37-28(41)22-11-16-33-17-12-22;1-4(2)3;2*1-2/h3,11-12,16-17,21,23-24,27H,1,4-10,13-15,18-20H2,2H3,(H,34,43)(H,35,44)(H,36,42)(H,37,41);4H,1-3H3;2*1-2H3. The number of rotatable bonds is 14. The van der Waals surface area contributed by atoms with Crippen molar-refractivity contribution in [1.82, 2.24) is 31.2 Å². The molecule has 3 atom stereocenters. The molecule has 1 aromatic heterocycles. The Labute approximate surface area is 312 Å². The zero-order valence-corrected chi connectivity index (χ0v) is 33.0. The number of hydrogen-bond acceptors (Lipinski definition) is 7. The average molecular weight is 727 g/mol. The molecule has 0 aromatic carbocycles. The zero-order valence-electron chi connectivity index (χ0n) is 33.0. The second kappa shape index (κ2) is 24.2. The van der Waals surface area contributed by atoms with E-state index in [1.807, 2.05) is 34.6 Å². The van der Waals surface area contributed by atoms with E-state index in [0.717, 1.165) is 50.9 Å². The largest absolute Gasteiger partial charge is 0.346 e. The van der Waals surface area contributed by atoms with E-state index < -0.39 is 58.9 Å². The molecule has 0 radical (unpaired) electrons. The smallest absolute Gasteiger partial charge is 0.289 e. The first-order chi connectivity index (χ1) is 24.9. The van der Waals surface area contributed by atoms with E-state index in [1.165, 1.54) is 23.4 Å². The number of aromatic nitrogens is 1. The van der Waals surface area contributed by atoms with Crippen molar-refractivity contribution >= 4 is 35.3 Å². The van der Waals surface area contributed by atoms with E-state index in [2.05, 4.69) is 53.6 Å². The molecule has 1 aromatic rings. The molecule has 1 saturated heterocycles. The van der Waals surface area contributed by atoms with Gasteiger partial charge in [0, 0.05) is 31.0 Å². The Morgan fingerprint density at radius 3 is 2.06 bits per heavy atom. The van der Waals surface area contributed by atoms with Gasteiger partial charge in [0.05, 0.1) is 12.6 Å². The minimum Gasteiger partial charge on any atom is -0.346 e. The molecule has 1 aliphatic heterocycles. The van der Waals surface area contributed by atoms with Gasteiger partial charge in [0.1, 0.15) is 12.1 Å². The van der Waals surface area contributed by atoms with Crippen molar-refractivity contribution in [3.05, 3.63) is 42.7 Å². The molecule has 3 aliphatic rings. The second-order valence-corrected chi connectivity index (χ2v) is 14.2. The number of amides is 5. The van der Waals surface area contributed by atoms with Crippen molar-refractivity contribution in [1.29, 1.82) is 0 Å². The van der Waals surface area contributed by atoms with Crippen LogP contribution in [0.1, 0.15) is 130 Å². The highest BCUT2D eigenvalue weighted by Gasteiger charge is 2.42. The molecule has 2 aliphatic carbocycles. The molecular formula is C40H66N6O6. The summed E-state index contributed by atoms with van der Waals surface area (Å²) in [5.74, 6) is -2.17. The van der Waals surface area contributed by atoms with Crippen molar-refractivity contribution < 1.29 is 28.8 Å². The first-order valence-electron chi connectivity index (χ1n) is 19.4. The molecular weight excluding hydrogens is 660 g/mol. The lowest BCUT2D eigenvalue weighted by Crippen LogP contribution is -2.58. The number of hydrogen-bond donors (Lipinski definition) is 4. The van der Waals surface area contributed by atoms with Gasteiger partial charge in [-0.3, -0.25) is 33.8 Å². The fraction of sp³-hybridized carbons (Fsp3) is 0.675. The van der Waals surface area contributed by atoms with Gasteiger partial charge < -0.3 is 26.2 Å². The molecule has 5 amide bonds. The van der Waals surface area contributed by atoms with Gasteiger partial charge in [0.25, 0.3) is 11.8 Å². The molecule has 292 valence electrons. The van der Waals surface area contributed by atoms with E-state index in [-0.39, 0.29) is 19.0 Å². The third-order valence-electron chi connectivity index (χ3n) is 8.99. The molecule has 2 heterocycles. The van der Waals surface area contributed by atoms with Crippen LogP contribution in [0.15, 0.2) is 37.2 Å². The summed E-state index contributed by atoms with van der Waals surface area (Å²) in [6, 6.07) is 0.509. The normalized spacial score (nSPS) is 18.2. The Hall–Kier alpha value is -4.09. The van der Waals surface area contributed by atoms with Crippen molar-refractivity contribution in [3.8, 4) is 0 Å². The molecule has 2 saturated carbocycles. The average Bonchev–Trinajstić information content (AvgIpc) is 3.83. The topological polar surface area (TPSA) is 167 Å². The Morgan fingerprint density at radius 1 is 0.904 bits per heavy atom. The van der Waals surface area contributed by atoms with Crippen LogP contribution in [0, 0.1) is 17.3 Å². The number of nitrogens with zero attached hydrogens (tertiary/aromatic N) is 2. The van der Waals surface area contributed by atoms with Gasteiger partial charge in [-0.25, -0.2) is 0 Å². The Kier molecular flexibility index (Phi) is 21.4. The van der Waals surface area contributed by atoms with Crippen molar-refractivity contribution in [2.24, 2.45) is 17.3 Å². The van der Waals surface area contributed by atoms with Crippen molar-refractivity contribution in [2.45, 2.75) is 138 Å². The Balaban J connectivity index is 0.00000155. The summed E-state index contributed by atoms with van der Waals surface area (Å²) >= 11 is 0. The summed E-state index contributed by atoms with van der Waals surface area (Å²) in [5, 5.41) is 10.8. The maximum absolute atomic E-state index is 13.5. The highest BCUT2D eigenvalue weighted by Crippen LogP contribution is 2.39. The third kappa shape index (κ3) is 15.3. The molecule has 0 spiro atoms. The third-order valence-corrected chi connectivity index (χ3v) is 8.99. The van der Waals surface area contributed by atoms with E-state index >= 15 is 0 Å². The minimum absolute atomic E-state index is 0.138. The molecule has 0 bridgehead atoms. The fourth-order valence-corrected chi connectivity index (χ4v) is 6.22. The van der Waals surface area contributed by atoms with Crippen LogP contribution in [-0.4, -0.2) is 83.0 Å². The molecule has 3 fully saturated rings. The van der Waals surface area contributed by atoms with Crippen LogP contribution in [0.5, 0.6) is 0 Å². The van der Waals surface area contributed by atoms with Gasteiger partial charge in [0.2, 0.25) is 23.5 Å². The number of pyridine rings is 1. The summed E-state index contributed by atoms with van der Waals surface area (Å²) in [6.07, 6.45) is 12.2. The van der Waals surface area contributed by atoms with Gasteiger partial charge in [-0.2, -0.15) is 0 Å². The molecule has 12 nitrogen and oxygen atoms in total. The van der Waals surface area contributed by atoms with Gasteiger partial charge in [-0.15, -0.1) is 6.58 Å². The number of nitrogens with one attached hydrogen (secondary N) is 4. The van der Waals surface area contributed by atoms with Crippen LogP contribution in [0.4, 0.5) is 0 Å². The zero-order chi connectivity index (χ0) is 39.3. The molecule has 4 rings (SSSR count). The van der Waals surface area contributed by atoms with E-state index in [4.69, 9.17) is 0 Å². The minimum atomic E-state index is -0.974. The summed E-state index contributed by atoms with van der Waals surface area (Å²) in [6.45, 7) is 20.1. The number of ketones is 1. The Bertz CT molecular complexity index is 1290. The first-order valence-corrected chi connectivity index (χ1v) is 19.4. The van der Waals surface area contributed by atoms with Gasteiger partial charge in [-0.05, 0) is 61.5 Å². The fourth-order valence-electron chi connectivity index (χ4n) is 6.22. The van der Waals surface area contributed by atoms with Crippen LogP contribution in [0.25, 0.3) is 0 Å². The van der Waals surface area contributed by atoms with E-state index in [9.17, 15) is 28.8 Å². The highest BCUT2D eigenvalue weighted by atomic mass is 16.2. The van der Waals surface area contributed by atoms with E-state index in [0.29, 0.717) is 31.4 Å². The van der Waals surface area contributed by atoms with Crippen molar-refractivity contribution in [3.63, 3.8) is 0 Å². The van der Waals surface area contributed by atoms with E-state index in [1.54, 1.807) is 12.1 Å². The lowest BCUT2D eigenvalue weighted by Gasteiger charge is -2.40. The summed E-state index contributed by atoms with van der Waals surface area (Å²) in [4.78, 5) is 83.7. The number of carbonyl (C=O) groups excluding carboxylic acids is 6. The van der Waals surface area contributed by atoms with Crippen LogP contribution >= 0.6 is 0 Å². The van der Waals surface area contributed by atoms with Crippen LogP contribution < -0.4 is 21.3 Å². The molecule has 3 unspecified atom stereocenters. The van der Waals surface area contributed by atoms with Gasteiger partial charge in [0.15, 0.2) is 0 Å². The quantitative estimate of drug-likeness (QED) is 0.152. The molecule has 52 heavy (non-hydrogen) atoms. The monoisotopic (exact) mass is 727 g/mol. The maximum Gasteiger partial charge on any atom is 0.289 e. The van der Waals surface area contributed by atoms with Gasteiger partial charge >= 0.3 is 0 Å². The highest BCUT2D eigenvalue weighted by molar-refractivity contribution is 6.38. The summed E-state index contributed by atoms with van der Waals surface area (Å²) in [7, 11) is 0. The molecule has 4 N–H and O–H groups in total. The van der Waals surface area contributed by atoms with Crippen LogP contribution in [-0.2, 0) is 24.0 Å².